The lowest BCUT2D eigenvalue weighted by Gasteiger charge is -2.07. The molecule has 0 radical (unpaired) electrons. The summed E-state index contributed by atoms with van der Waals surface area (Å²) in [5.41, 5.74) is 10.3. The van der Waals surface area contributed by atoms with Gasteiger partial charge in [-0.2, -0.15) is 0 Å². The topological polar surface area (TPSA) is 181 Å². The number of carbonyl (C=O) groups is 4. The summed E-state index contributed by atoms with van der Waals surface area (Å²) in [6.45, 7) is 0. The molecule has 114 valence electrons. The van der Waals surface area contributed by atoms with Crippen LogP contribution in [0.25, 0.3) is 0 Å². The number of nitrogens with one attached hydrogen (secondary N) is 6. The Bertz CT molecular complexity index is 327. The Hall–Kier alpha value is -2.60. The lowest BCUT2D eigenvalue weighted by Crippen LogP contribution is -2.46. The van der Waals surface area contributed by atoms with Crippen LogP contribution in [-0.4, -0.2) is 34.3 Å². The number of unbranched alkanes of at least 4 members (excludes halogenated alkanes) is 1. The molecule has 0 fully saturated rings. The Morgan fingerprint density at radius 2 is 1.00 bits per heavy atom. The molecule has 0 aromatic rings. The van der Waals surface area contributed by atoms with Crippen LogP contribution in [0.3, 0.4) is 0 Å². The van der Waals surface area contributed by atoms with Crippen LogP contribution in [0.15, 0.2) is 0 Å². The largest absolute Gasteiger partial charge is 0.357 e. The zero-order valence-electron chi connectivity index (χ0n) is 10.4. The van der Waals surface area contributed by atoms with Crippen LogP contribution in [-0.2, 0) is 9.59 Å². The van der Waals surface area contributed by atoms with Crippen molar-refractivity contribution in [1.82, 2.24) is 32.7 Å². The van der Waals surface area contributed by atoms with Crippen molar-refractivity contribution in [3.8, 4) is 0 Å². The van der Waals surface area contributed by atoms with Gasteiger partial charge in [-0.25, -0.2) is 31.4 Å². The summed E-state index contributed by atoms with van der Waals surface area (Å²) in [5, 5.41) is 16.2. The van der Waals surface area contributed by atoms with Gasteiger partial charge in [0.05, 0.1) is 0 Å². The van der Waals surface area contributed by atoms with Crippen molar-refractivity contribution in [1.29, 1.82) is 0 Å². The minimum absolute atomic E-state index is 0.0591. The molecule has 0 atom stereocenters. The maximum absolute atomic E-state index is 11.1. The van der Waals surface area contributed by atoms with Crippen LogP contribution in [0.5, 0.6) is 0 Å². The first kappa shape index (κ1) is 17.4. The lowest BCUT2D eigenvalue weighted by atomic mass is 10.2. The summed E-state index contributed by atoms with van der Waals surface area (Å²) < 4.78 is 0. The molecule has 12 nitrogen and oxygen atoms in total. The molecule has 0 aromatic heterocycles. The number of urea groups is 2. The second-order valence-electron chi connectivity index (χ2n) is 3.44. The fraction of sp³-hybridized carbons (Fsp3) is 0.500. The van der Waals surface area contributed by atoms with Gasteiger partial charge in [-0.05, 0) is 12.8 Å². The van der Waals surface area contributed by atoms with Crippen molar-refractivity contribution in [3.63, 3.8) is 0 Å². The summed E-state index contributed by atoms with van der Waals surface area (Å²) in [7, 11) is 0. The molecule has 0 aliphatic rings. The van der Waals surface area contributed by atoms with Crippen molar-refractivity contribution >= 4 is 23.9 Å². The third kappa shape index (κ3) is 9.43. The van der Waals surface area contributed by atoms with E-state index in [1.807, 2.05) is 21.7 Å². The molecule has 0 saturated heterocycles. The Kier molecular flexibility index (Phi) is 8.99. The van der Waals surface area contributed by atoms with E-state index in [1.54, 1.807) is 0 Å². The van der Waals surface area contributed by atoms with Gasteiger partial charge in [0.15, 0.2) is 0 Å². The fourth-order valence-corrected chi connectivity index (χ4v) is 1.00. The summed E-state index contributed by atoms with van der Waals surface area (Å²) in [5.74, 6) is -0.987. The molecule has 0 spiro atoms. The van der Waals surface area contributed by atoms with Crippen molar-refractivity contribution < 1.29 is 29.6 Å². The van der Waals surface area contributed by atoms with Crippen LogP contribution in [0.1, 0.15) is 25.7 Å². The first-order valence-corrected chi connectivity index (χ1v) is 5.47. The maximum atomic E-state index is 11.1. The zero-order valence-corrected chi connectivity index (χ0v) is 10.4. The van der Waals surface area contributed by atoms with E-state index in [2.05, 4.69) is 0 Å². The molecule has 0 heterocycles. The quantitative estimate of drug-likeness (QED) is 0.164. The lowest BCUT2D eigenvalue weighted by molar-refractivity contribution is -0.123. The highest BCUT2D eigenvalue weighted by Gasteiger charge is 2.06. The van der Waals surface area contributed by atoms with Gasteiger partial charge >= 0.3 is 12.1 Å². The Balaban J connectivity index is 3.55. The van der Waals surface area contributed by atoms with Crippen LogP contribution in [0, 0.1) is 0 Å². The molecule has 8 N–H and O–H groups in total. The van der Waals surface area contributed by atoms with Crippen molar-refractivity contribution in [2.45, 2.75) is 25.7 Å². The average molecular weight is 292 g/mol. The normalized spacial score (nSPS) is 9.10. The molecule has 6 amide bonds. The van der Waals surface area contributed by atoms with Gasteiger partial charge in [0.1, 0.15) is 0 Å². The Morgan fingerprint density at radius 1 is 0.650 bits per heavy atom. The van der Waals surface area contributed by atoms with Crippen molar-refractivity contribution in [3.05, 3.63) is 0 Å². The number of amides is 6. The maximum Gasteiger partial charge on any atom is 0.357 e. The first-order valence-electron chi connectivity index (χ1n) is 5.47. The molecule has 0 rings (SSSR count). The first-order chi connectivity index (χ1) is 9.49. The molecular formula is C8H16N6O6. The highest BCUT2D eigenvalue weighted by molar-refractivity contribution is 5.81. The van der Waals surface area contributed by atoms with Crippen LogP contribution < -0.4 is 32.7 Å². The van der Waals surface area contributed by atoms with E-state index in [0.29, 0.717) is 12.8 Å². The number of hydrazine groups is 2. The van der Waals surface area contributed by atoms with E-state index in [4.69, 9.17) is 10.4 Å². The van der Waals surface area contributed by atoms with Gasteiger partial charge in [0, 0.05) is 12.8 Å². The summed E-state index contributed by atoms with van der Waals surface area (Å²) in [6.07, 6.45) is 0.856. The molecule has 0 aromatic carbocycles. The SMILES string of the molecule is O=C(CCCCC(=O)NNC(=O)NO)NNC(=O)NO. The Labute approximate surface area is 113 Å². The standard InChI is InChI=1S/C8H16N6O6/c15-5(9-11-7(17)13-19)3-1-2-4-6(16)10-12-8(18)14-20/h19-20H,1-4H2,(H,9,15)(H,10,16)(H2,11,13,17)(H2,12,14,18). The van der Waals surface area contributed by atoms with Crippen LogP contribution in [0.2, 0.25) is 0 Å². The highest BCUT2D eigenvalue weighted by Crippen LogP contribution is 1.99. The molecule has 0 aliphatic heterocycles. The number of carbonyl (C=O) groups excluding carboxylic acids is 4. The van der Waals surface area contributed by atoms with E-state index in [-0.39, 0.29) is 12.8 Å². The second-order valence-corrected chi connectivity index (χ2v) is 3.44. The van der Waals surface area contributed by atoms with Crippen molar-refractivity contribution in [2.75, 3.05) is 0 Å². The number of hydroxylamine groups is 2. The molecule has 0 bridgehead atoms. The van der Waals surface area contributed by atoms with Gasteiger partial charge in [-0.15, -0.1) is 0 Å². The van der Waals surface area contributed by atoms with E-state index in [9.17, 15) is 19.2 Å². The number of rotatable bonds is 5. The van der Waals surface area contributed by atoms with E-state index >= 15 is 0 Å². The number of hydrogen-bond acceptors (Lipinski definition) is 6. The molecule has 12 heteroatoms. The summed E-state index contributed by atoms with van der Waals surface area (Å²) in [6, 6.07) is -1.96. The third-order valence-electron chi connectivity index (χ3n) is 1.89. The molecular weight excluding hydrogens is 276 g/mol. The van der Waals surface area contributed by atoms with Gasteiger partial charge in [0.2, 0.25) is 11.8 Å². The molecule has 0 unspecified atom stereocenters. The Morgan fingerprint density at radius 3 is 1.30 bits per heavy atom. The minimum Gasteiger partial charge on any atom is -0.287 e. The highest BCUT2D eigenvalue weighted by atomic mass is 16.5. The molecule has 0 saturated carbocycles. The van der Waals surface area contributed by atoms with Gasteiger partial charge < -0.3 is 0 Å². The smallest absolute Gasteiger partial charge is 0.287 e. The van der Waals surface area contributed by atoms with E-state index in [0.717, 1.165) is 0 Å². The summed E-state index contributed by atoms with van der Waals surface area (Å²) >= 11 is 0. The van der Waals surface area contributed by atoms with Crippen LogP contribution in [0.4, 0.5) is 9.59 Å². The van der Waals surface area contributed by atoms with E-state index in [1.165, 1.54) is 11.0 Å². The molecule has 20 heavy (non-hydrogen) atoms. The predicted molar refractivity (Wildman–Crippen MR) is 61.7 cm³/mol. The minimum atomic E-state index is -0.981. The van der Waals surface area contributed by atoms with Gasteiger partial charge in [-0.3, -0.25) is 30.9 Å². The molecule has 0 aliphatic carbocycles. The number of hydrogen-bond donors (Lipinski definition) is 8. The van der Waals surface area contributed by atoms with Gasteiger partial charge in [0.25, 0.3) is 0 Å². The van der Waals surface area contributed by atoms with Gasteiger partial charge in [-0.1, -0.05) is 0 Å². The summed E-state index contributed by atoms with van der Waals surface area (Å²) in [4.78, 5) is 43.2. The van der Waals surface area contributed by atoms with Crippen LogP contribution >= 0.6 is 0 Å². The predicted octanol–water partition coefficient (Wildman–Crippen LogP) is -2.01. The van der Waals surface area contributed by atoms with Crippen molar-refractivity contribution in [2.24, 2.45) is 0 Å². The van der Waals surface area contributed by atoms with E-state index < -0.39 is 23.9 Å². The zero-order chi connectivity index (χ0) is 15.4. The average Bonchev–Trinajstić information content (AvgIpc) is 2.46. The second kappa shape index (κ2) is 10.3. The fourth-order valence-electron chi connectivity index (χ4n) is 1.00. The third-order valence-corrected chi connectivity index (χ3v) is 1.89. The monoisotopic (exact) mass is 292 g/mol.